The molecule has 1 heterocycles. The molecule has 2 N–H and O–H groups in total. The molecule has 5 heteroatoms. The number of aromatic nitrogens is 2. The number of nitrogens with zero attached hydrogens (tertiary/aromatic N) is 2. The number of benzene rings is 1. The van der Waals surface area contributed by atoms with Crippen LogP contribution in [-0.4, -0.2) is 16.0 Å². The molecule has 1 atom stereocenters. The maximum atomic E-state index is 6.14. The number of anilines is 3. The molecule has 1 aliphatic carbocycles. The third-order valence-electron chi connectivity index (χ3n) is 4.48. The van der Waals surface area contributed by atoms with Gasteiger partial charge in [0.2, 0.25) is 5.95 Å². The number of hydrogen-bond donors (Lipinski definition) is 2. The molecule has 1 aromatic carbocycles. The van der Waals surface area contributed by atoms with Crippen LogP contribution in [0.2, 0.25) is 5.02 Å². The van der Waals surface area contributed by atoms with Crippen LogP contribution in [0.3, 0.4) is 0 Å². The molecule has 0 bridgehead atoms. The number of halogens is 1. The minimum atomic E-state index is 0.353. The quantitative estimate of drug-likeness (QED) is 0.718. The van der Waals surface area contributed by atoms with Crippen LogP contribution in [0.15, 0.2) is 18.2 Å². The van der Waals surface area contributed by atoms with Crippen molar-refractivity contribution in [3.05, 3.63) is 40.0 Å². The Morgan fingerprint density at radius 1 is 1.17 bits per heavy atom. The molecular formula is C19H25ClN4. The van der Waals surface area contributed by atoms with Gasteiger partial charge in [-0.2, -0.15) is 4.98 Å². The summed E-state index contributed by atoms with van der Waals surface area (Å²) >= 11 is 6.14. The second kappa shape index (κ2) is 6.98. The Hall–Kier alpha value is -1.81. The smallest absolute Gasteiger partial charge is 0.225 e. The van der Waals surface area contributed by atoms with Gasteiger partial charge in [-0.25, -0.2) is 4.98 Å². The molecule has 0 amide bonds. The molecule has 0 aliphatic heterocycles. The fourth-order valence-electron chi connectivity index (χ4n) is 2.74. The summed E-state index contributed by atoms with van der Waals surface area (Å²) in [4.78, 5) is 9.37. The van der Waals surface area contributed by atoms with E-state index in [0.29, 0.717) is 17.9 Å². The van der Waals surface area contributed by atoms with E-state index in [4.69, 9.17) is 16.6 Å². The van der Waals surface area contributed by atoms with Gasteiger partial charge in [-0.3, -0.25) is 0 Å². The monoisotopic (exact) mass is 344 g/mol. The second-order valence-electron chi connectivity index (χ2n) is 6.77. The maximum absolute atomic E-state index is 6.14. The van der Waals surface area contributed by atoms with Gasteiger partial charge in [0, 0.05) is 28.7 Å². The first-order valence-corrected chi connectivity index (χ1v) is 9.03. The zero-order chi connectivity index (χ0) is 17.3. The van der Waals surface area contributed by atoms with Crippen LogP contribution < -0.4 is 10.6 Å². The Labute approximate surface area is 149 Å². The summed E-state index contributed by atoms with van der Waals surface area (Å²) in [6.07, 6.45) is 3.48. The number of hydrogen-bond acceptors (Lipinski definition) is 4. The lowest BCUT2D eigenvalue weighted by Gasteiger charge is -2.16. The number of rotatable bonds is 6. The van der Waals surface area contributed by atoms with Crippen molar-refractivity contribution in [3.63, 3.8) is 0 Å². The summed E-state index contributed by atoms with van der Waals surface area (Å²) in [5.41, 5.74) is 4.42. The average molecular weight is 345 g/mol. The minimum absolute atomic E-state index is 0.353. The van der Waals surface area contributed by atoms with Crippen molar-refractivity contribution in [2.75, 3.05) is 10.6 Å². The summed E-state index contributed by atoms with van der Waals surface area (Å²) < 4.78 is 0. The molecule has 3 rings (SSSR count). The lowest BCUT2D eigenvalue weighted by Crippen LogP contribution is -2.16. The van der Waals surface area contributed by atoms with Gasteiger partial charge in [-0.15, -0.1) is 0 Å². The molecule has 1 saturated carbocycles. The number of nitrogens with one attached hydrogen (secondary N) is 2. The van der Waals surface area contributed by atoms with Gasteiger partial charge in [0.05, 0.1) is 5.69 Å². The van der Waals surface area contributed by atoms with Crippen LogP contribution in [0.4, 0.5) is 17.5 Å². The van der Waals surface area contributed by atoms with Crippen molar-refractivity contribution in [1.29, 1.82) is 0 Å². The molecule has 1 fully saturated rings. The Morgan fingerprint density at radius 2 is 1.83 bits per heavy atom. The molecule has 0 saturated heterocycles. The first-order chi connectivity index (χ1) is 11.5. The topological polar surface area (TPSA) is 49.8 Å². The standard InChI is InChI=1S/C19H25ClN4/c1-5-13(4)21-19-22-16(14-6-7-14)10-17(24-19)23-18-11(2)8-15(20)9-12(18)3/h8-10,13-14H,5-7H2,1-4H3,(H2,21,22,23,24)/t13-/m1/s1. The van der Waals surface area contributed by atoms with Gasteiger partial charge in [0.1, 0.15) is 5.82 Å². The molecule has 1 aliphatic rings. The fraction of sp³-hybridized carbons (Fsp3) is 0.474. The second-order valence-corrected chi connectivity index (χ2v) is 7.21. The third kappa shape index (κ3) is 3.99. The van der Waals surface area contributed by atoms with E-state index < -0.39 is 0 Å². The molecule has 0 radical (unpaired) electrons. The lowest BCUT2D eigenvalue weighted by atomic mass is 10.1. The van der Waals surface area contributed by atoms with Crippen LogP contribution in [0.1, 0.15) is 55.8 Å². The van der Waals surface area contributed by atoms with Crippen molar-refractivity contribution in [3.8, 4) is 0 Å². The molecule has 4 nitrogen and oxygen atoms in total. The molecule has 24 heavy (non-hydrogen) atoms. The first-order valence-electron chi connectivity index (χ1n) is 8.65. The van der Waals surface area contributed by atoms with Crippen molar-refractivity contribution < 1.29 is 0 Å². The highest BCUT2D eigenvalue weighted by molar-refractivity contribution is 6.30. The van der Waals surface area contributed by atoms with Crippen LogP contribution in [-0.2, 0) is 0 Å². The van der Waals surface area contributed by atoms with E-state index in [0.717, 1.165) is 39.8 Å². The van der Waals surface area contributed by atoms with Crippen molar-refractivity contribution in [1.82, 2.24) is 9.97 Å². The molecule has 0 spiro atoms. The van der Waals surface area contributed by atoms with E-state index in [1.54, 1.807) is 0 Å². The van der Waals surface area contributed by atoms with Crippen LogP contribution in [0.5, 0.6) is 0 Å². The zero-order valence-electron chi connectivity index (χ0n) is 14.8. The Kier molecular flexibility index (Phi) is 4.95. The molecule has 1 aromatic heterocycles. The molecule has 128 valence electrons. The summed E-state index contributed by atoms with van der Waals surface area (Å²) in [6, 6.07) is 6.37. The fourth-order valence-corrected chi connectivity index (χ4v) is 3.07. The summed E-state index contributed by atoms with van der Waals surface area (Å²) in [5, 5.41) is 7.63. The van der Waals surface area contributed by atoms with E-state index in [2.05, 4.69) is 49.4 Å². The largest absolute Gasteiger partial charge is 0.352 e. The van der Waals surface area contributed by atoms with Crippen LogP contribution >= 0.6 is 11.6 Å². The van der Waals surface area contributed by atoms with E-state index in [-0.39, 0.29) is 0 Å². The van der Waals surface area contributed by atoms with Gasteiger partial charge in [-0.05, 0) is 63.3 Å². The third-order valence-corrected chi connectivity index (χ3v) is 4.70. The minimum Gasteiger partial charge on any atom is -0.352 e. The van der Waals surface area contributed by atoms with Crippen molar-refractivity contribution in [2.45, 2.75) is 58.9 Å². The normalized spacial score (nSPS) is 15.2. The maximum Gasteiger partial charge on any atom is 0.225 e. The van der Waals surface area contributed by atoms with Crippen molar-refractivity contribution >= 4 is 29.1 Å². The van der Waals surface area contributed by atoms with Gasteiger partial charge >= 0.3 is 0 Å². The van der Waals surface area contributed by atoms with Gasteiger partial charge in [-0.1, -0.05) is 18.5 Å². The van der Waals surface area contributed by atoms with Crippen molar-refractivity contribution in [2.24, 2.45) is 0 Å². The van der Waals surface area contributed by atoms with E-state index >= 15 is 0 Å². The molecule has 0 unspecified atom stereocenters. The molecular weight excluding hydrogens is 320 g/mol. The van der Waals surface area contributed by atoms with Gasteiger partial charge in [0.15, 0.2) is 0 Å². The summed E-state index contributed by atoms with van der Waals surface area (Å²) in [5.74, 6) is 2.13. The highest BCUT2D eigenvalue weighted by Gasteiger charge is 2.26. The highest BCUT2D eigenvalue weighted by Crippen LogP contribution is 2.40. The Bertz CT molecular complexity index is 717. The predicted octanol–water partition coefficient (Wildman–Crippen LogP) is 5.58. The van der Waals surface area contributed by atoms with E-state index in [1.807, 2.05) is 12.1 Å². The number of aryl methyl sites for hydroxylation is 2. The summed E-state index contributed by atoms with van der Waals surface area (Å²) in [6.45, 7) is 8.42. The Balaban J connectivity index is 1.92. The van der Waals surface area contributed by atoms with Gasteiger partial charge < -0.3 is 10.6 Å². The van der Waals surface area contributed by atoms with Gasteiger partial charge in [0.25, 0.3) is 0 Å². The first kappa shape index (κ1) is 17.0. The lowest BCUT2D eigenvalue weighted by molar-refractivity contribution is 0.750. The highest BCUT2D eigenvalue weighted by atomic mass is 35.5. The van der Waals surface area contributed by atoms with Crippen LogP contribution in [0.25, 0.3) is 0 Å². The summed E-state index contributed by atoms with van der Waals surface area (Å²) in [7, 11) is 0. The molecule has 2 aromatic rings. The van der Waals surface area contributed by atoms with Crippen LogP contribution in [0, 0.1) is 13.8 Å². The SMILES string of the molecule is CC[C@@H](C)Nc1nc(Nc2c(C)cc(Cl)cc2C)cc(C2CC2)n1. The van der Waals surface area contributed by atoms with E-state index in [9.17, 15) is 0 Å². The average Bonchev–Trinajstić information content (AvgIpc) is 3.35. The zero-order valence-corrected chi connectivity index (χ0v) is 15.5. The van der Waals surface area contributed by atoms with E-state index in [1.165, 1.54) is 12.8 Å². The Morgan fingerprint density at radius 3 is 2.42 bits per heavy atom. The predicted molar refractivity (Wildman–Crippen MR) is 102 cm³/mol.